The molecule has 0 N–H and O–H groups in total. The molecule has 0 radical (unpaired) electrons. The molecule has 2 aliphatic rings. The molecular weight excluding hydrogens is 342 g/mol. The lowest BCUT2D eigenvalue weighted by atomic mass is 9.91. The largest absolute Gasteiger partial charge is 0.493 e. The third kappa shape index (κ3) is 5.84. The van der Waals surface area contributed by atoms with Gasteiger partial charge in [0.25, 0.3) is 0 Å². The maximum absolute atomic E-state index is 6.34. The quantitative estimate of drug-likeness (QED) is 0.614. The number of ether oxygens (including phenoxy) is 4. The van der Waals surface area contributed by atoms with Gasteiger partial charge in [-0.3, -0.25) is 4.90 Å². The van der Waals surface area contributed by atoms with E-state index in [2.05, 4.69) is 17.0 Å². The highest BCUT2D eigenvalue weighted by atomic mass is 16.5. The highest BCUT2D eigenvalue weighted by Gasteiger charge is 2.31. The minimum Gasteiger partial charge on any atom is -0.493 e. The van der Waals surface area contributed by atoms with Crippen molar-refractivity contribution >= 4 is 0 Å². The summed E-state index contributed by atoms with van der Waals surface area (Å²) in [6.07, 6.45) is 8.79. The van der Waals surface area contributed by atoms with Gasteiger partial charge in [0.05, 0.1) is 33.5 Å². The number of aryl methyl sites for hydroxylation is 1. The van der Waals surface area contributed by atoms with Gasteiger partial charge in [-0.1, -0.05) is 18.9 Å². The average molecular weight is 378 g/mol. The molecule has 1 aromatic carbocycles. The topological polar surface area (TPSA) is 40.2 Å². The number of methoxy groups -OCH3 is 2. The van der Waals surface area contributed by atoms with Gasteiger partial charge >= 0.3 is 0 Å². The first-order valence-corrected chi connectivity index (χ1v) is 10.5. The van der Waals surface area contributed by atoms with Gasteiger partial charge in [0.15, 0.2) is 11.5 Å². The Bertz CT molecular complexity index is 559. The van der Waals surface area contributed by atoms with Crippen molar-refractivity contribution in [2.75, 3.05) is 47.1 Å². The standard InChI is InChI=1S/C22H35NO4/c1-24-21-11-10-18(17-22(21)25-2)7-5-6-14-27-20-9-4-3-8-19(20)23-12-15-26-16-13-23/h10-11,17,19-20H,3-9,12-16H2,1-2H3. The summed E-state index contributed by atoms with van der Waals surface area (Å²) in [6, 6.07) is 6.78. The predicted octanol–water partition coefficient (Wildman–Crippen LogP) is 3.69. The van der Waals surface area contributed by atoms with Crippen molar-refractivity contribution in [3.63, 3.8) is 0 Å². The van der Waals surface area contributed by atoms with E-state index in [9.17, 15) is 0 Å². The summed E-state index contributed by atoms with van der Waals surface area (Å²) in [7, 11) is 3.36. The zero-order valence-electron chi connectivity index (χ0n) is 17.0. The molecule has 1 aliphatic heterocycles. The second-order valence-electron chi connectivity index (χ2n) is 7.56. The Morgan fingerprint density at radius 2 is 1.78 bits per heavy atom. The highest BCUT2D eigenvalue weighted by molar-refractivity contribution is 5.42. The fourth-order valence-corrected chi connectivity index (χ4v) is 4.30. The normalized spacial score (nSPS) is 23.9. The number of hydrogen-bond donors (Lipinski definition) is 0. The van der Waals surface area contributed by atoms with Crippen molar-refractivity contribution in [2.45, 2.75) is 57.1 Å². The van der Waals surface area contributed by atoms with Gasteiger partial charge in [-0.2, -0.15) is 0 Å². The third-order valence-electron chi connectivity index (χ3n) is 5.82. The lowest BCUT2D eigenvalue weighted by Crippen LogP contribution is -2.51. The molecule has 0 amide bonds. The average Bonchev–Trinajstić information content (AvgIpc) is 2.74. The summed E-state index contributed by atoms with van der Waals surface area (Å²) in [5.41, 5.74) is 1.29. The zero-order valence-corrected chi connectivity index (χ0v) is 17.0. The smallest absolute Gasteiger partial charge is 0.160 e. The summed E-state index contributed by atoms with van der Waals surface area (Å²) < 4.78 is 22.5. The number of benzene rings is 1. The van der Waals surface area contributed by atoms with Crippen LogP contribution >= 0.6 is 0 Å². The second-order valence-corrected chi connectivity index (χ2v) is 7.56. The molecule has 0 bridgehead atoms. The van der Waals surface area contributed by atoms with E-state index < -0.39 is 0 Å². The Morgan fingerprint density at radius 3 is 2.56 bits per heavy atom. The van der Waals surface area contributed by atoms with E-state index >= 15 is 0 Å². The van der Waals surface area contributed by atoms with Crippen LogP contribution < -0.4 is 9.47 Å². The number of nitrogens with zero attached hydrogens (tertiary/aromatic N) is 1. The first-order chi connectivity index (χ1) is 13.3. The molecule has 0 aromatic heterocycles. The van der Waals surface area contributed by atoms with E-state index in [-0.39, 0.29) is 0 Å². The van der Waals surface area contributed by atoms with Gasteiger partial charge in [-0.05, 0) is 49.8 Å². The summed E-state index contributed by atoms with van der Waals surface area (Å²) in [4.78, 5) is 2.59. The number of hydrogen-bond acceptors (Lipinski definition) is 5. The molecule has 1 aliphatic carbocycles. The van der Waals surface area contributed by atoms with E-state index in [1.54, 1.807) is 14.2 Å². The Hall–Kier alpha value is -1.30. The van der Waals surface area contributed by atoms with E-state index in [4.69, 9.17) is 18.9 Å². The number of unbranched alkanes of at least 4 members (excludes halogenated alkanes) is 1. The molecule has 2 fully saturated rings. The molecule has 0 spiro atoms. The van der Waals surface area contributed by atoms with Crippen molar-refractivity contribution in [3.8, 4) is 11.5 Å². The summed E-state index contributed by atoms with van der Waals surface area (Å²) in [5, 5.41) is 0. The first-order valence-electron chi connectivity index (χ1n) is 10.5. The molecular formula is C22H35NO4. The van der Waals surface area contributed by atoms with Crippen molar-refractivity contribution in [3.05, 3.63) is 23.8 Å². The Kier molecular flexibility index (Phi) is 8.24. The van der Waals surface area contributed by atoms with E-state index in [0.29, 0.717) is 12.1 Å². The van der Waals surface area contributed by atoms with Gasteiger partial charge in [0, 0.05) is 25.7 Å². The lowest BCUT2D eigenvalue weighted by molar-refractivity contribution is -0.0660. The van der Waals surface area contributed by atoms with Crippen LogP contribution in [0.4, 0.5) is 0 Å². The Labute approximate surface area is 163 Å². The van der Waals surface area contributed by atoms with Gasteiger partial charge in [-0.15, -0.1) is 0 Å². The lowest BCUT2D eigenvalue weighted by Gasteiger charge is -2.41. The molecule has 3 rings (SSSR count). The number of morpholine rings is 1. The van der Waals surface area contributed by atoms with Crippen LogP contribution in [0.2, 0.25) is 0 Å². The van der Waals surface area contributed by atoms with Gasteiger partial charge in [0.1, 0.15) is 0 Å². The van der Waals surface area contributed by atoms with Crippen molar-refractivity contribution in [2.24, 2.45) is 0 Å². The second kappa shape index (κ2) is 10.9. The maximum Gasteiger partial charge on any atom is 0.160 e. The summed E-state index contributed by atoms with van der Waals surface area (Å²) >= 11 is 0. The Morgan fingerprint density at radius 1 is 1.00 bits per heavy atom. The van der Waals surface area contributed by atoms with Crippen LogP contribution in [0.5, 0.6) is 11.5 Å². The SMILES string of the molecule is COc1ccc(CCCCOC2CCCCC2N2CCOCC2)cc1OC. The fourth-order valence-electron chi connectivity index (χ4n) is 4.30. The van der Waals surface area contributed by atoms with Crippen molar-refractivity contribution in [1.29, 1.82) is 0 Å². The van der Waals surface area contributed by atoms with E-state index in [1.165, 1.54) is 31.2 Å². The van der Waals surface area contributed by atoms with Gasteiger partial charge < -0.3 is 18.9 Å². The maximum atomic E-state index is 6.34. The first kappa shape index (κ1) is 20.4. The summed E-state index contributed by atoms with van der Waals surface area (Å²) in [6.45, 7) is 4.72. The van der Waals surface area contributed by atoms with Crippen LogP contribution in [0.25, 0.3) is 0 Å². The molecule has 152 valence electrons. The Balaban J connectivity index is 1.40. The van der Waals surface area contributed by atoms with E-state index in [0.717, 1.165) is 63.7 Å². The molecule has 2 unspecified atom stereocenters. The third-order valence-corrected chi connectivity index (χ3v) is 5.82. The van der Waals surface area contributed by atoms with Crippen LogP contribution in [0.15, 0.2) is 18.2 Å². The molecule has 1 aromatic rings. The molecule has 1 heterocycles. The van der Waals surface area contributed by atoms with Crippen LogP contribution in [0, 0.1) is 0 Å². The minimum atomic E-state index is 0.401. The minimum absolute atomic E-state index is 0.401. The monoisotopic (exact) mass is 377 g/mol. The van der Waals surface area contributed by atoms with Gasteiger partial charge in [-0.25, -0.2) is 0 Å². The molecule has 5 heteroatoms. The molecule has 1 saturated heterocycles. The van der Waals surface area contributed by atoms with Crippen molar-refractivity contribution < 1.29 is 18.9 Å². The highest BCUT2D eigenvalue weighted by Crippen LogP contribution is 2.29. The van der Waals surface area contributed by atoms with Crippen LogP contribution in [-0.4, -0.2) is 64.2 Å². The predicted molar refractivity (Wildman–Crippen MR) is 107 cm³/mol. The van der Waals surface area contributed by atoms with E-state index in [1.807, 2.05) is 6.07 Å². The molecule has 1 saturated carbocycles. The van der Waals surface area contributed by atoms with Crippen LogP contribution in [0.3, 0.4) is 0 Å². The molecule has 2 atom stereocenters. The molecule has 27 heavy (non-hydrogen) atoms. The van der Waals surface area contributed by atoms with Crippen molar-refractivity contribution in [1.82, 2.24) is 4.90 Å². The van der Waals surface area contributed by atoms with Gasteiger partial charge in [0.2, 0.25) is 0 Å². The fraction of sp³-hybridized carbons (Fsp3) is 0.727. The summed E-state index contributed by atoms with van der Waals surface area (Å²) in [5.74, 6) is 1.60. The van der Waals surface area contributed by atoms with Crippen LogP contribution in [-0.2, 0) is 15.9 Å². The number of rotatable bonds is 9. The zero-order chi connectivity index (χ0) is 18.9. The van der Waals surface area contributed by atoms with Crippen LogP contribution in [0.1, 0.15) is 44.1 Å². The molecule has 5 nitrogen and oxygen atoms in total.